The number of aryl methyl sites for hydroxylation is 3. The highest BCUT2D eigenvalue weighted by atomic mass is 32.1. The fourth-order valence-corrected chi connectivity index (χ4v) is 5.02. The highest BCUT2D eigenvalue weighted by Gasteiger charge is 2.19. The van der Waals surface area contributed by atoms with Gasteiger partial charge in [0.2, 0.25) is 0 Å². The predicted molar refractivity (Wildman–Crippen MR) is 121 cm³/mol. The van der Waals surface area contributed by atoms with Gasteiger partial charge in [-0.05, 0) is 78.0 Å². The van der Waals surface area contributed by atoms with Gasteiger partial charge < -0.3 is 5.73 Å². The van der Waals surface area contributed by atoms with Crippen LogP contribution < -0.4 is 5.73 Å². The third-order valence-corrected chi connectivity index (χ3v) is 6.70. The fourth-order valence-electron chi connectivity index (χ4n) is 4.20. The lowest BCUT2D eigenvalue weighted by atomic mass is 9.83. The van der Waals surface area contributed by atoms with Crippen molar-refractivity contribution in [1.82, 2.24) is 4.98 Å². The van der Waals surface area contributed by atoms with Gasteiger partial charge in [-0.2, -0.15) is 0 Å². The molecule has 2 nitrogen and oxygen atoms in total. The van der Waals surface area contributed by atoms with Crippen LogP contribution >= 0.6 is 11.3 Å². The molecule has 1 heterocycles. The highest BCUT2D eigenvalue weighted by molar-refractivity contribution is 7.10. The molecule has 1 aromatic heterocycles. The van der Waals surface area contributed by atoms with E-state index in [0.29, 0.717) is 0 Å². The van der Waals surface area contributed by atoms with Crippen LogP contribution in [0.5, 0.6) is 0 Å². The van der Waals surface area contributed by atoms with Gasteiger partial charge in [-0.25, -0.2) is 4.98 Å². The lowest BCUT2D eigenvalue weighted by Crippen LogP contribution is -2.15. The lowest BCUT2D eigenvalue weighted by molar-refractivity contribution is 0.591. The van der Waals surface area contributed by atoms with E-state index in [0.717, 1.165) is 17.8 Å². The number of hydrogen-bond donors (Lipinski definition) is 1. The minimum atomic E-state index is 0.0453. The molecular weight excluding hydrogens is 360 g/mol. The quantitative estimate of drug-likeness (QED) is 0.521. The molecule has 0 bridgehead atoms. The van der Waals surface area contributed by atoms with Crippen molar-refractivity contribution in [2.45, 2.75) is 65.2 Å². The molecule has 28 heavy (non-hydrogen) atoms. The van der Waals surface area contributed by atoms with Gasteiger partial charge in [0.05, 0.1) is 10.7 Å². The standard InChI is InChI=1S/C25H30N2S/c1-16-11-22(26)21(25(2,3)4)13-20(16)14-24-27-23(15-28-24)19-10-9-17-7-5-6-8-18(17)12-19/h9-13,15H,5-8,14,26H2,1-4H3. The topological polar surface area (TPSA) is 38.9 Å². The zero-order valence-corrected chi connectivity index (χ0v) is 18.2. The van der Waals surface area contributed by atoms with Crippen LogP contribution in [0.4, 0.5) is 5.69 Å². The first-order valence-electron chi connectivity index (χ1n) is 10.3. The summed E-state index contributed by atoms with van der Waals surface area (Å²) in [5, 5.41) is 3.37. The Kier molecular flexibility index (Phi) is 5.05. The largest absolute Gasteiger partial charge is 0.398 e. The van der Waals surface area contributed by atoms with Crippen LogP contribution in [0.2, 0.25) is 0 Å². The highest BCUT2D eigenvalue weighted by Crippen LogP contribution is 2.33. The molecule has 3 heteroatoms. The van der Waals surface area contributed by atoms with Crippen molar-refractivity contribution in [3.63, 3.8) is 0 Å². The Balaban J connectivity index is 1.61. The molecule has 3 aromatic rings. The molecule has 1 aliphatic carbocycles. The predicted octanol–water partition coefficient (Wildman–Crippen LogP) is 6.47. The van der Waals surface area contributed by atoms with Crippen LogP contribution in [0, 0.1) is 6.92 Å². The van der Waals surface area contributed by atoms with Gasteiger partial charge in [-0.3, -0.25) is 0 Å². The van der Waals surface area contributed by atoms with Crippen LogP contribution in [-0.4, -0.2) is 4.98 Å². The maximum atomic E-state index is 6.29. The molecule has 1 aliphatic rings. The summed E-state index contributed by atoms with van der Waals surface area (Å²) in [6.45, 7) is 8.80. The summed E-state index contributed by atoms with van der Waals surface area (Å²) in [6, 6.07) is 11.3. The minimum Gasteiger partial charge on any atom is -0.398 e. The average Bonchev–Trinajstić information content (AvgIpc) is 3.11. The normalized spacial score (nSPS) is 14.1. The number of thiazole rings is 1. The van der Waals surface area contributed by atoms with Gasteiger partial charge in [-0.1, -0.05) is 39.0 Å². The molecule has 0 radical (unpaired) electrons. The average molecular weight is 391 g/mol. The summed E-state index contributed by atoms with van der Waals surface area (Å²) in [4.78, 5) is 4.97. The SMILES string of the molecule is Cc1cc(N)c(C(C)(C)C)cc1Cc1nc(-c2ccc3c(c2)CCCC3)cs1. The molecule has 0 saturated heterocycles. The molecule has 0 saturated carbocycles. The first-order chi connectivity index (χ1) is 13.3. The Morgan fingerprint density at radius 3 is 2.54 bits per heavy atom. The summed E-state index contributed by atoms with van der Waals surface area (Å²) >= 11 is 1.76. The molecule has 146 valence electrons. The molecule has 0 fully saturated rings. The van der Waals surface area contributed by atoms with Crippen molar-refractivity contribution in [3.8, 4) is 11.3 Å². The number of nitrogens with two attached hydrogens (primary N) is 1. The first kappa shape index (κ1) is 19.2. The number of nitrogens with zero attached hydrogens (tertiary/aromatic N) is 1. The molecular formula is C25H30N2S. The Hall–Kier alpha value is -2.13. The third kappa shape index (κ3) is 3.86. The van der Waals surface area contributed by atoms with E-state index in [1.165, 1.54) is 64.1 Å². The molecule has 0 unspecified atom stereocenters. The molecule has 0 aliphatic heterocycles. The van der Waals surface area contributed by atoms with E-state index in [2.05, 4.69) is 63.4 Å². The summed E-state index contributed by atoms with van der Waals surface area (Å²) in [5.41, 5.74) is 16.4. The number of benzene rings is 2. The van der Waals surface area contributed by atoms with E-state index < -0.39 is 0 Å². The number of hydrogen-bond acceptors (Lipinski definition) is 3. The Labute approximate surface area is 172 Å². The molecule has 2 aromatic carbocycles. The minimum absolute atomic E-state index is 0.0453. The van der Waals surface area contributed by atoms with Crippen molar-refractivity contribution >= 4 is 17.0 Å². The Morgan fingerprint density at radius 2 is 1.79 bits per heavy atom. The second-order valence-electron chi connectivity index (χ2n) is 9.11. The molecule has 2 N–H and O–H groups in total. The monoisotopic (exact) mass is 390 g/mol. The summed E-state index contributed by atoms with van der Waals surface area (Å²) in [7, 11) is 0. The second kappa shape index (κ2) is 7.36. The zero-order chi connectivity index (χ0) is 19.9. The maximum Gasteiger partial charge on any atom is 0.0976 e. The van der Waals surface area contributed by atoms with Crippen molar-refractivity contribution in [2.24, 2.45) is 0 Å². The second-order valence-corrected chi connectivity index (χ2v) is 10.1. The van der Waals surface area contributed by atoms with E-state index in [1.807, 2.05) is 0 Å². The van der Waals surface area contributed by atoms with Crippen molar-refractivity contribution in [3.05, 3.63) is 68.5 Å². The molecule has 4 rings (SSSR count). The Morgan fingerprint density at radius 1 is 1.04 bits per heavy atom. The van der Waals surface area contributed by atoms with Gasteiger partial charge in [0.25, 0.3) is 0 Å². The van der Waals surface area contributed by atoms with E-state index in [9.17, 15) is 0 Å². The van der Waals surface area contributed by atoms with E-state index in [1.54, 1.807) is 11.3 Å². The number of aromatic nitrogens is 1. The van der Waals surface area contributed by atoms with Crippen molar-refractivity contribution in [2.75, 3.05) is 5.73 Å². The third-order valence-electron chi connectivity index (χ3n) is 5.85. The maximum absolute atomic E-state index is 6.29. The van der Waals surface area contributed by atoms with E-state index in [4.69, 9.17) is 10.7 Å². The van der Waals surface area contributed by atoms with Gasteiger partial charge in [0, 0.05) is 23.1 Å². The van der Waals surface area contributed by atoms with Gasteiger partial charge in [0.15, 0.2) is 0 Å². The van der Waals surface area contributed by atoms with Crippen LogP contribution in [0.15, 0.2) is 35.7 Å². The number of nitrogen functional groups attached to an aromatic ring is 1. The first-order valence-corrected chi connectivity index (χ1v) is 11.2. The lowest BCUT2D eigenvalue weighted by Gasteiger charge is -2.23. The molecule has 0 amide bonds. The van der Waals surface area contributed by atoms with Crippen LogP contribution in [0.1, 0.15) is 66.4 Å². The van der Waals surface area contributed by atoms with E-state index >= 15 is 0 Å². The Bertz CT molecular complexity index is 1010. The van der Waals surface area contributed by atoms with Crippen LogP contribution in [0.25, 0.3) is 11.3 Å². The summed E-state index contributed by atoms with van der Waals surface area (Å²) in [6.07, 6.45) is 5.94. The number of rotatable bonds is 3. The smallest absolute Gasteiger partial charge is 0.0976 e. The zero-order valence-electron chi connectivity index (χ0n) is 17.4. The van der Waals surface area contributed by atoms with Gasteiger partial charge >= 0.3 is 0 Å². The van der Waals surface area contributed by atoms with Gasteiger partial charge in [-0.15, -0.1) is 11.3 Å². The molecule has 0 atom stereocenters. The fraction of sp³-hybridized carbons (Fsp3) is 0.400. The summed E-state index contributed by atoms with van der Waals surface area (Å²) < 4.78 is 0. The van der Waals surface area contributed by atoms with Gasteiger partial charge in [0.1, 0.15) is 0 Å². The number of fused-ring (bicyclic) bond motifs is 1. The van der Waals surface area contributed by atoms with Crippen molar-refractivity contribution in [1.29, 1.82) is 0 Å². The van der Waals surface area contributed by atoms with Crippen LogP contribution in [-0.2, 0) is 24.7 Å². The summed E-state index contributed by atoms with van der Waals surface area (Å²) in [5.74, 6) is 0. The number of anilines is 1. The van der Waals surface area contributed by atoms with Crippen LogP contribution in [0.3, 0.4) is 0 Å². The van der Waals surface area contributed by atoms with E-state index in [-0.39, 0.29) is 5.41 Å². The van der Waals surface area contributed by atoms with Crippen molar-refractivity contribution < 1.29 is 0 Å². The molecule has 0 spiro atoms.